The molecule has 2 rings (SSSR count). The highest BCUT2D eigenvalue weighted by Gasteiger charge is 2.26. The highest BCUT2D eigenvalue weighted by molar-refractivity contribution is 5.76. The van der Waals surface area contributed by atoms with Crippen LogP contribution in [0.5, 0.6) is 0 Å². The number of alkyl halides is 1. The maximum atomic E-state index is 12.2. The Morgan fingerprint density at radius 2 is 2.47 bits per heavy atom. The van der Waals surface area contributed by atoms with Gasteiger partial charge in [-0.05, 0) is 0 Å². The minimum Gasteiger partial charge on any atom is -0.371 e. The van der Waals surface area contributed by atoms with Crippen molar-refractivity contribution < 1.29 is 18.4 Å². The molecule has 0 aromatic carbocycles. The largest absolute Gasteiger partial charge is 0.371 e. The molecule has 1 amide bonds. The van der Waals surface area contributed by atoms with Crippen molar-refractivity contribution in [2.45, 2.75) is 26.0 Å². The van der Waals surface area contributed by atoms with Crippen LogP contribution in [0.15, 0.2) is 17.2 Å². The summed E-state index contributed by atoms with van der Waals surface area (Å²) in [7, 11) is 0. The summed E-state index contributed by atoms with van der Waals surface area (Å²) in [5, 5.41) is 3.96. The van der Waals surface area contributed by atoms with Gasteiger partial charge in [0, 0.05) is 18.5 Å². The molecule has 0 fully saturated rings. The van der Waals surface area contributed by atoms with E-state index in [4.69, 9.17) is 9.26 Å². The predicted molar refractivity (Wildman–Crippen MR) is 66.1 cm³/mol. The first-order chi connectivity index (χ1) is 9.26. The number of hydrogen-bond donors (Lipinski definition) is 0. The van der Waals surface area contributed by atoms with Gasteiger partial charge < -0.3 is 14.2 Å². The molecular formula is C13H17FN2O3. The molecule has 6 heteroatoms. The number of carbonyl (C=O) groups excluding carboxylic acids is 1. The highest BCUT2D eigenvalue weighted by atomic mass is 19.1. The van der Waals surface area contributed by atoms with Gasteiger partial charge in [-0.3, -0.25) is 9.18 Å². The van der Waals surface area contributed by atoms with Gasteiger partial charge >= 0.3 is 0 Å². The smallest absolute Gasteiger partial charge is 0.225 e. The van der Waals surface area contributed by atoms with Crippen LogP contribution in [0, 0.1) is 0 Å². The van der Waals surface area contributed by atoms with Crippen LogP contribution in [0.4, 0.5) is 4.39 Å². The fourth-order valence-corrected chi connectivity index (χ4v) is 2.07. The van der Waals surface area contributed by atoms with Gasteiger partial charge in [-0.2, -0.15) is 0 Å². The molecule has 0 radical (unpaired) electrons. The van der Waals surface area contributed by atoms with Crippen molar-refractivity contribution in [3.05, 3.63) is 29.7 Å². The van der Waals surface area contributed by atoms with Crippen LogP contribution in [0.2, 0.25) is 0 Å². The number of aromatic nitrogens is 1. The standard InChI is InChI=1S/C13H17FN2O3/c1-2-7-18-9-11-10-8-16(13(17)3-5-14)6-4-12(10)19-15-11/h2H,1,3-9H2. The second kappa shape index (κ2) is 6.47. The summed E-state index contributed by atoms with van der Waals surface area (Å²) >= 11 is 0. The van der Waals surface area contributed by atoms with Crippen LogP contribution in [0.3, 0.4) is 0 Å². The van der Waals surface area contributed by atoms with Crippen molar-refractivity contribution in [3.8, 4) is 0 Å². The van der Waals surface area contributed by atoms with Gasteiger partial charge in [0.2, 0.25) is 5.91 Å². The molecule has 104 valence electrons. The first-order valence-electron chi connectivity index (χ1n) is 6.25. The maximum Gasteiger partial charge on any atom is 0.225 e. The normalized spacial score (nSPS) is 14.3. The first-order valence-corrected chi connectivity index (χ1v) is 6.25. The molecule has 5 nitrogen and oxygen atoms in total. The third-order valence-corrected chi connectivity index (χ3v) is 3.04. The van der Waals surface area contributed by atoms with E-state index in [9.17, 15) is 9.18 Å². The molecule has 1 aliphatic rings. The minimum absolute atomic E-state index is 0.0666. The Morgan fingerprint density at radius 3 is 3.21 bits per heavy atom. The zero-order chi connectivity index (χ0) is 13.7. The highest BCUT2D eigenvalue weighted by Crippen LogP contribution is 2.23. The van der Waals surface area contributed by atoms with E-state index in [2.05, 4.69) is 11.7 Å². The zero-order valence-corrected chi connectivity index (χ0v) is 10.7. The molecule has 1 aliphatic heterocycles. The zero-order valence-electron chi connectivity index (χ0n) is 10.7. The van der Waals surface area contributed by atoms with E-state index in [1.165, 1.54) is 0 Å². The van der Waals surface area contributed by atoms with Gasteiger partial charge in [0.25, 0.3) is 0 Å². The molecule has 2 heterocycles. The van der Waals surface area contributed by atoms with Gasteiger partial charge in [-0.25, -0.2) is 0 Å². The molecule has 0 saturated heterocycles. The van der Waals surface area contributed by atoms with Gasteiger partial charge in [0.05, 0.1) is 32.9 Å². The summed E-state index contributed by atoms with van der Waals surface area (Å²) in [6, 6.07) is 0. The van der Waals surface area contributed by atoms with E-state index >= 15 is 0 Å². The number of fused-ring (bicyclic) bond motifs is 1. The number of ether oxygens (including phenoxy) is 1. The van der Waals surface area contributed by atoms with E-state index in [0.717, 1.165) is 11.3 Å². The molecule has 0 spiro atoms. The van der Waals surface area contributed by atoms with Crippen molar-refractivity contribution in [2.24, 2.45) is 0 Å². The lowest BCUT2D eigenvalue weighted by Gasteiger charge is -2.26. The van der Waals surface area contributed by atoms with Crippen molar-refractivity contribution in [1.82, 2.24) is 10.1 Å². The van der Waals surface area contributed by atoms with E-state index in [1.807, 2.05) is 0 Å². The summed E-state index contributed by atoms with van der Waals surface area (Å²) in [6.07, 6.45) is 2.20. The third-order valence-electron chi connectivity index (χ3n) is 3.04. The molecule has 0 N–H and O–H groups in total. The number of carbonyl (C=O) groups is 1. The molecule has 0 unspecified atom stereocenters. The van der Waals surface area contributed by atoms with Gasteiger partial charge in [-0.15, -0.1) is 6.58 Å². The maximum absolute atomic E-state index is 12.2. The second-order valence-electron chi connectivity index (χ2n) is 4.34. The lowest BCUT2D eigenvalue weighted by molar-refractivity contribution is -0.132. The summed E-state index contributed by atoms with van der Waals surface area (Å²) in [6.45, 7) is 4.68. The van der Waals surface area contributed by atoms with Crippen molar-refractivity contribution in [1.29, 1.82) is 0 Å². The lowest BCUT2D eigenvalue weighted by atomic mass is 10.1. The van der Waals surface area contributed by atoms with Crippen LogP contribution in [0.25, 0.3) is 0 Å². The number of halogens is 1. The topological polar surface area (TPSA) is 55.6 Å². The number of amides is 1. The summed E-state index contributed by atoms with van der Waals surface area (Å²) in [4.78, 5) is 13.3. The number of hydrogen-bond acceptors (Lipinski definition) is 4. The van der Waals surface area contributed by atoms with Gasteiger partial charge in [0.1, 0.15) is 11.5 Å². The fourth-order valence-electron chi connectivity index (χ4n) is 2.07. The summed E-state index contributed by atoms with van der Waals surface area (Å²) in [5.41, 5.74) is 1.59. The molecule has 1 aromatic heterocycles. The SMILES string of the molecule is C=CCOCc1noc2c1CN(C(=O)CCF)CC2. The summed E-state index contributed by atoms with van der Waals surface area (Å²) in [5.74, 6) is 0.619. The average Bonchev–Trinajstić information content (AvgIpc) is 2.82. The molecule has 1 aromatic rings. The Hall–Kier alpha value is -1.69. The number of nitrogens with zero attached hydrogens (tertiary/aromatic N) is 2. The molecular weight excluding hydrogens is 251 g/mol. The number of rotatable bonds is 6. The second-order valence-corrected chi connectivity index (χ2v) is 4.34. The van der Waals surface area contributed by atoms with Gasteiger partial charge in [-0.1, -0.05) is 11.2 Å². The van der Waals surface area contributed by atoms with E-state index in [1.54, 1.807) is 11.0 Å². The van der Waals surface area contributed by atoms with E-state index < -0.39 is 6.67 Å². The van der Waals surface area contributed by atoms with Gasteiger partial charge in [0.15, 0.2) is 0 Å². The van der Waals surface area contributed by atoms with Crippen molar-refractivity contribution in [2.75, 3.05) is 19.8 Å². The molecule has 0 atom stereocenters. The molecule has 0 saturated carbocycles. The van der Waals surface area contributed by atoms with Crippen LogP contribution < -0.4 is 0 Å². The Kier molecular flexibility index (Phi) is 4.68. The Labute approximate surface area is 111 Å². The average molecular weight is 268 g/mol. The van der Waals surface area contributed by atoms with Crippen LogP contribution in [0.1, 0.15) is 23.4 Å². The Bertz CT molecular complexity index is 459. The molecule has 19 heavy (non-hydrogen) atoms. The van der Waals surface area contributed by atoms with Crippen LogP contribution >= 0.6 is 0 Å². The quantitative estimate of drug-likeness (QED) is 0.581. The van der Waals surface area contributed by atoms with Crippen LogP contribution in [-0.4, -0.2) is 35.8 Å². The molecule has 0 aliphatic carbocycles. The van der Waals surface area contributed by atoms with Crippen molar-refractivity contribution >= 4 is 5.91 Å². The predicted octanol–water partition coefficient (Wildman–Crippen LogP) is 1.62. The van der Waals surface area contributed by atoms with Crippen molar-refractivity contribution in [3.63, 3.8) is 0 Å². The molecule has 0 bridgehead atoms. The fraction of sp³-hybridized carbons (Fsp3) is 0.538. The first kappa shape index (κ1) is 13.7. The monoisotopic (exact) mass is 268 g/mol. The lowest BCUT2D eigenvalue weighted by Crippen LogP contribution is -2.36. The van der Waals surface area contributed by atoms with E-state index in [0.29, 0.717) is 38.4 Å². The van der Waals surface area contributed by atoms with Crippen LogP contribution in [-0.2, 0) is 29.1 Å². The summed E-state index contributed by atoms with van der Waals surface area (Å²) < 4.78 is 22.8. The Morgan fingerprint density at radius 1 is 1.63 bits per heavy atom. The minimum atomic E-state index is -0.624. The third kappa shape index (κ3) is 3.20. The van der Waals surface area contributed by atoms with E-state index in [-0.39, 0.29) is 12.3 Å². The Balaban J connectivity index is 2.03.